The number of aromatic nitrogens is 1. The van der Waals surface area contributed by atoms with E-state index >= 15 is 0 Å². The predicted molar refractivity (Wildman–Crippen MR) is 234 cm³/mol. The van der Waals surface area contributed by atoms with Gasteiger partial charge in [-0.25, -0.2) is 25.0 Å². The maximum atomic E-state index is 12.4. The number of hydrogen-bond donors (Lipinski definition) is 4. The minimum atomic E-state index is -0.454. The first-order valence-electron chi connectivity index (χ1n) is 19.5. The Morgan fingerprint density at radius 3 is 1.72 bits per heavy atom. The molecule has 0 saturated carbocycles. The highest BCUT2D eigenvalue weighted by Gasteiger charge is 2.34. The number of benzene rings is 4. The van der Waals surface area contributed by atoms with Crippen molar-refractivity contribution in [1.82, 2.24) is 15.6 Å². The summed E-state index contributed by atoms with van der Waals surface area (Å²) in [6.07, 6.45) is 0.808. The summed E-state index contributed by atoms with van der Waals surface area (Å²) in [5.41, 5.74) is 9.36. The average Bonchev–Trinajstić information content (AvgIpc) is 3.88. The molecule has 0 radical (unpaired) electrons. The number of aromatic amines is 1. The summed E-state index contributed by atoms with van der Waals surface area (Å²) in [5.74, 6) is 4.08. The number of nitrogens with zero attached hydrogens (tertiary/aromatic N) is 5. The summed E-state index contributed by atoms with van der Waals surface area (Å²) in [6.45, 7) is 23.5. The van der Waals surface area contributed by atoms with Crippen molar-refractivity contribution in [1.29, 1.82) is 0 Å². The third-order valence-electron chi connectivity index (χ3n) is 11.1. The number of amidine groups is 5. The molecule has 5 heterocycles. The Hall–Kier alpha value is -6.42. The smallest absolute Gasteiger partial charge is 0.247 e. The molecule has 9 rings (SSSR count). The van der Waals surface area contributed by atoms with Gasteiger partial charge in [-0.15, -0.1) is 0 Å². The number of nitrogens with one attached hydrogen (secondary N) is 4. The van der Waals surface area contributed by atoms with Crippen LogP contribution in [0.15, 0.2) is 110 Å². The van der Waals surface area contributed by atoms with Gasteiger partial charge in [-0.3, -0.25) is 4.79 Å². The van der Waals surface area contributed by atoms with Gasteiger partial charge in [0.25, 0.3) is 0 Å². The van der Waals surface area contributed by atoms with E-state index in [1.807, 2.05) is 18.2 Å². The molecule has 10 nitrogen and oxygen atoms in total. The van der Waals surface area contributed by atoms with Gasteiger partial charge in [0.1, 0.15) is 29.5 Å². The number of H-pyrrole nitrogens is 1. The summed E-state index contributed by atoms with van der Waals surface area (Å²) >= 11 is 0. The van der Waals surface area contributed by atoms with Crippen molar-refractivity contribution in [2.45, 2.75) is 84.7 Å². The molecule has 8 bridgehead atoms. The number of amides is 1. The number of rotatable bonds is 2. The van der Waals surface area contributed by atoms with E-state index in [-0.39, 0.29) is 22.2 Å². The van der Waals surface area contributed by atoms with Crippen molar-refractivity contribution in [3.63, 3.8) is 0 Å². The number of hydrogen-bond acceptors (Lipinski definition) is 8. The molecule has 0 aliphatic carbocycles. The van der Waals surface area contributed by atoms with Crippen molar-refractivity contribution >= 4 is 63.2 Å². The summed E-state index contributed by atoms with van der Waals surface area (Å²) in [6, 6.07) is 25.3. The van der Waals surface area contributed by atoms with Gasteiger partial charge in [0, 0.05) is 49.8 Å². The van der Waals surface area contributed by atoms with Gasteiger partial charge in [0.15, 0.2) is 17.5 Å². The lowest BCUT2D eigenvalue weighted by Gasteiger charge is -2.21. The third kappa shape index (κ3) is 6.29. The molecule has 10 heteroatoms. The van der Waals surface area contributed by atoms with Crippen LogP contribution in [-0.2, 0) is 21.0 Å². The molecule has 4 N–H and O–H groups in total. The van der Waals surface area contributed by atoms with E-state index in [4.69, 9.17) is 25.0 Å². The maximum absolute atomic E-state index is 12.4. The van der Waals surface area contributed by atoms with Crippen LogP contribution < -0.4 is 16.0 Å². The lowest BCUT2D eigenvalue weighted by Crippen LogP contribution is -2.36. The molecule has 1 amide bonds. The first kappa shape index (κ1) is 36.2. The molecule has 4 aliphatic heterocycles. The summed E-state index contributed by atoms with van der Waals surface area (Å²) < 4.78 is 0. The zero-order valence-corrected chi connectivity index (χ0v) is 33.9. The number of aliphatic imine (C=N–C) groups is 5. The second-order valence-corrected chi connectivity index (χ2v) is 18.3. The van der Waals surface area contributed by atoms with Crippen LogP contribution in [-0.4, -0.2) is 40.1 Å². The van der Waals surface area contributed by atoms with Crippen molar-refractivity contribution in [3.8, 4) is 0 Å². The minimum absolute atomic E-state index is 0.0822. The standard InChI is InChI=1S/C47H47N9O/c1-11-36(57)48-27-15-19-31-35(23-27)44-55-39-30-18-14-26(47(8,9)10)22-34(30)42(53-39)51-37-28-16-12-24(45(2,3)4)20-32(28)41(49-37)50-38-29-17-13-25(46(5,6)7)21-33(29)43(52-38)54-40(31)56-44/h11-23,44,49H,1H2,2-10H3,(H,48,57)(H,51,53,55)(H,50,52,54,56). The topological polar surface area (TPSA) is 131 Å². The lowest BCUT2D eigenvalue weighted by molar-refractivity contribution is -0.111. The summed E-state index contributed by atoms with van der Waals surface area (Å²) in [7, 11) is 0. The van der Waals surface area contributed by atoms with Gasteiger partial charge in [-0.05, 0) is 75.4 Å². The molecule has 0 saturated heterocycles. The molecular formula is C47H47N9O. The first-order valence-corrected chi connectivity index (χ1v) is 19.5. The van der Waals surface area contributed by atoms with E-state index in [9.17, 15) is 4.79 Å². The Kier molecular flexibility index (Phi) is 7.97. The molecule has 1 aromatic heterocycles. The monoisotopic (exact) mass is 753 g/mol. The second kappa shape index (κ2) is 12.5. The predicted octanol–water partition coefficient (Wildman–Crippen LogP) is 9.51. The molecule has 1 atom stereocenters. The zero-order valence-electron chi connectivity index (χ0n) is 33.9. The van der Waals surface area contributed by atoms with Gasteiger partial charge in [0.2, 0.25) is 5.91 Å². The van der Waals surface area contributed by atoms with Gasteiger partial charge >= 0.3 is 0 Å². The molecule has 57 heavy (non-hydrogen) atoms. The van der Waals surface area contributed by atoms with Crippen LogP contribution >= 0.6 is 0 Å². The van der Waals surface area contributed by atoms with Crippen LogP contribution in [0.1, 0.15) is 119 Å². The number of carbonyl (C=O) groups excluding carboxylic acids is 1. The number of fused-ring (bicyclic) bond motifs is 18. The van der Waals surface area contributed by atoms with Crippen LogP contribution in [0.4, 0.5) is 17.3 Å². The molecule has 4 aliphatic rings. The van der Waals surface area contributed by atoms with E-state index in [0.717, 1.165) is 44.2 Å². The quantitative estimate of drug-likeness (QED) is 0.134. The Morgan fingerprint density at radius 2 is 1.09 bits per heavy atom. The fourth-order valence-electron chi connectivity index (χ4n) is 7.68. The average molecular weight is 754 g/mol. The number of anilines is 1. The van der Waals surface area contributed by atoms with E-state index in [0.29, 0.717) is 46.5 Å². The first-order chi connectivity index (χ1) is 26.9. The van der Waals surface area contributed by atoms with E-state index < -0.39 is 6.17 Å². The van der Waals surface area contributed by atoms with Crippen LogP contribution in [0, 0.1) is 0 Å². The Morgan fingerprint density at radius 1 is 0.579 bits per heavy atom. The van der Waals surface area contributed by atoms with Crippen molar-refractivity contribution < 1.29 is 4.79 Å². The van der Waals surface area contributed by atoms with Gasteiger partial charge < -0.3 is 20.9 Å². The van der Waals surface area contributed by atoms with Crippen molar-refractivity contribution in [2.75, 3.05) is 5.32 Å². The summed E-state index contributed by atoms with van der Waals surface area (Å²) in [5, 5.41) is 12.2. The molecule has 0 fully saturated rings. The van der Waals surface area contributed by atoms with Crippen molar-refractivity contribution in [3.05, 3.63) is 136 Å². The Balaban J connectivity index is 1.32. The van der Waals surface area contributed by atoms with Crippen LogP contribution in [0.25, 0.3) is 10.8 Å². The van der Waals surface area contributed by atoms with E-state index in [1.165, 1.54) is 22.8 Å². The normalized spacial score (nSPS) is 16.9. The zero-order chi connectivity index (χ0) is 40.2. The molecule has 4 aromatic carbocycles. The fraction of sp³-hybridized carbons (Fsp3) is 0.277. The van der Waals surface area contributed by atoms with Gasteiger partial charge in [-0.2, -0.15) is 0 Å². The van der Waals surface area contributed by atoms with Crippen molar-refractivity contribution in [2.24, 2.45) is 25.0 Å². The molecular weight excluding hydrogens is 707 g/mol. The highest BCUT2D eigenvalue weighted by molar-refractivity contribution is 6.27. The van der Waals surface area contributed by atoms with Crippen LogP contribution in [0.3, 0.4) is 0 Å². The van der Waals surface area contributed by atoms with E-state index in [2.05, 4.69) is 144 Å². The molecule has 0 spiro atoms. The number of carbonyl (C=O) groups is 1. The molecule has 5 aromatic rings. The van der Waals surface area contributed by atoms with E-state index in [1.54, 1.807) is 0 Å². The molecule has 286 valence electrons. The Labute approximate surface area is 333 Å². The summed E-state index contributed by atoms with van der Waals surface area (Å²) in [4.78, 5) is 42.2. The lowest BCUT2D eigenvalue weighted by atomic mass is 9.85. The second-order valence-electron chi connectivity index (χ2n) is 18.3. The molecule has 1 unspecified atom stereocenters. The Bertz CT molecular complexity index is 2750. The maximum Gasteiger partial charge on any atom is 0.247 e. The highest BCUT2D eigenvalue weighted by Crippen LogP contribution is 2.40. The van der Waals surface area contributed by atoms with Crippen LogP contribution in [0.2, 0.25) is 0 Å². The SMILES string of the molecule is C=CC(=O)Nc1ccc2c(c1)C1NC3=NC(=Nc4[nH]c(c5cc(C(C)(C)C)ccc45)N=C4N=C(N=C2N1)c1cc(C(C)(C)C)ccc14)c1cc(C(C)(C)C)ccc13. The largest absolute Gasteiger partial charge is 0.346 e. The van der Waals surface area contributed by atoms with Gasteiger partial charge in [0.05, 0.1) is 0 Å². The van der Waals surface area contributed by atoms with Gasteiger partial charge in [-0.1, -0.05) is 105 Å². The van der Waals surface area contributed by atoms with Crippen LogP contribution in [0.5, 0.6) is 0 Å². The fourth-order valence-corrected chi connectivity index (χ4v) is 7.68. The highest BCUT2D eigenvalue weighted by atomic mass is 16.1. The minimum Gasteiger partial charge on any atom is -0.346 e. The third-order valence-corrected chi connectivity index (χ3v) is 11.1.